The van der Waals surface area contributed by atoms with Crippen LogP contribution in [0.5, 0.6) is 0 Å². The maximum absolute atomic E-state index is 5.33. The Kier molecular flexibility index (Phi) is 4.38. The van der Waals surface area contributed by atoms with Crippen LogP contribution in [0.15, 0.2) is 36.7 Å². The van der Waals surface area contributed by atoms with E-state index in [2.05, 4.69) is 71.5 Å². The zero-order valence-corrected chi connectivity index (χ0v) is 16.9. The molecule has 8 heteroatoms. The molecule has 0 saturated carbocycles. The van der Waals surface area contributed by atoms with Crippen LogP contribution in [0.3, 0.4) is 0 Å². The Morgan fingerprint density at radius 2 is 1.93 bits per heavy atom. The molecule has 0 aliphatic carbocycles. The van der Waals surface area contributed by atoms with Crippen molar-refractivity contribution in [3.8, 4) is 28.9 Å². The monoisotopic (exact) mass is 397 g/mol. The van der Waals surface area contributed by atoms with E-state index in [1.165, 1.54) is 0 Å². The van der Waals surface area contributed by atoms with Crippen LogP contribution in [0.4, 0.5) is 0 Å². The molecule has 0 N–H and O–H groups in total. The van der Waals surface area contributed by atoms with Gasteiger partial charge in [-0.2, -0.15) is 5.10 Å². The van der Waals surface area contributed by atoms with Crippen molar-refractivity contribution >= 4 is 0 Å². The van der Waals surface area contributed by atoms with Gasteiger partial charge in [-0.05, 0) is 50.0 Å². The average Bonchev–Trinajstić information content (AvgIpc) is 3.29. The van der Waals surface area contributed by atoms with Gasteiger partial charge >= 0.3 is 0 Å². The second-order valence-electron chi connectivity index (χ2n) is 7.20. The Morgan fingerprint density at radius 3 is 2.73 bits per heavy atom. The Bertz CT molecular complexity index is 1310. The lowest BCUT2D eigenvalue weighted by atomic mass is 10.1. The topological polar surface area (TPSA) is 83.5 Å². The van der Waals surface area contributed by atoms with Crippen LogP contribution in [0.2, 0.25) is 0 Å². The van der Waals surface area contributed by atoms with Crippen LogP contribution >= 0.6 is 0 Å². The van der Waals surface area contributed by atoms with E-state index in [9.17, 15) is 0 Å². The Morgan fingerprint density at radius 1 is 1.03 bits per heavy atom. The van der Waals surface area contributed by atoms with E-state index in [1.807, 2.05) is 25.4 Å². The minimum atomic E-state index is 0.377. The highest BCUT2D eigenvalue weighted by atomic mass is 16.5. The molecule has 30 heavy (non-hydrogen) atoms. The lowest BCUT2D eigenvalue weighted by Gasteiger charge is -2.08. The van der Waals surface area contributed by atoms with Gasteiger partial charge in [0.15, 0.2) is 11.6 Å². The Balaban J connectivity index is 1.67. The second-order valence-corrected chi connectivity index (χ2v) is 7.20. The molecule has 0 atom stereocenters. The predicted octanol–water partition coefficient (Wildman–Crippen LogP) is 2.45. The summed E-state index contributed by atoms with van der Waals surface area (Å²) in [6.07, 6.45) is 1.81. The number of rotatable bonds is 2. The molecule has 0 amide bonds. The van der Waals surface area contributed by atoms with Crippen molar-refractivity contribution in [2.45, 2.75) is 27.0 Å². The van der Waals surface area contributed by atoms with E-state index in [0.29, 0.717) is 24.5 Å². The molecular formula is C22H19N7O. The van der Waals surface area contributed by atoms with Crippen molar-refractivity contribution in [3.05, 3.63) is 70.8 Å². The summed E-state index contributed by atoms with van der Waals surface area (Å²) < 4.78 is 9.47. The van der Waals surface area contributed by atoms with Crippen molar-refractivity contribution in [2.24, 2.45) is 0 Å². The molecule has 0 unspecified atom stereocenters. The van der Waals surface area contributed by atoms with Crippen molar-refractivity contribution in [1.82, 2.24) is 34.5 Å². The maximum Gasteiger partial charge on any atom is 0.166 e. The van der Waals surface area contributed by atoms with Crippen molar-refractivity contribution in [1.29, 1.82) is 0 Å². The second kappa shape index (κ2) is 7.21. The summed E-state index contributed by atoms with van der Waals surface area (Å²) in [5, 5.41) is 17.0. The molecule has 0 spiro atoms. The van der Waals surface area contributed by atoms with Gasteiger partial charge < -0.3 is 9.30 Å². The first kappa shape index (κ1) is 18.2. The van der Waals surface area contributed by atoms with Gasteiger partial charge in [-0.1, -0.05) is 11.6 Å². The quantitative estimate of drug-likeness (QED) is 0.426. The first-order valence-electron chi connectivity index (χ1n) is 9.55. The van der Waals surface area contributed by atoms with Crippen LogP contribution in [0.25, 0.3) is 17.1 Å². The van der Waals surface area contributed by atoms with E-state index < -0.39 is 0 Å². The van der Waals surface area contributed by atoms with Gasteiger partial charge in [-0.25, -0.2) is 4.98 Å². The smallest absolute Gasteiger partial charge is 0.166 e. The molecule has 1 aliphatic heterocycles. The van der Waals surface area contributed by atoms with Crippen molar-refractivity contribution in [2.75, 3.05) is 7.11 Å². The van der Waals surface area contributed by atoms with Crippen LogP contribution in [-0.4, -0.2) is 41.6 Å². The number of hydrogen-bond donors (Lipinski definition) is 0. The van der Waals surface area contributed by atoms with Gasteiger partial charge in [0.05, 0.1) is 23.6 Å². The van der Waals surface area contributed by atoms with Gasteiger partial charge in [-0.15, -0.1) is 15.3 Å². The van der Waals surface area contributed by atoms with Crippen molar-refractivity contribution in [3.63, 3.8) is 0 Å². The number of nitrogens with zero attached hydrogens (tertiary/aromatic N) is 7. The standard InChI is InChI=1S/C22H19N7O/c1-14-4-9-19-17(10-14)22-27-26-21(12-30-3)28(22)11-20-18(23-13-29(19)20)8-7-16-6-5-15(2)24-25-16/h4-6,9-10,13H,11-12H2,1-3H3. The van der Waals surface area contributed by atoms with Gasteiger partial charge in [0.2, 0.25) is 0 Å². The van der Waals surface area contributed by atoms with Gasteiger partial charge in [-0.3, -0.25) is 4.57 Å². The zero-order chi connectivity index (χ0) is 20.7. The number of ether oxygens (including phenoxy) is 1. The summed E-state index contributed by atoms with van der Waals surface area (Å²) in [6, 6.07) is 10.0. The number of hydrogen-bond acceptors (Lipinski definition) is 6. The Labute approximate surface area is 173 Å². The number of methoxy groups -OCH3 is 1. The van der Waals surface area contributed by atoms with Crippen LogP contribution in [-0.2, 0) is 17.9 Å². The average molecular weight is 397 g/mol. The molecule has 1 aromatic carbocycles. The van der Waals surface area contributed by atoms with E-state index in [1.54, 1.807) is 7.11 Å². The van der Waals surface area contributed by atoms with Crippen molar-refractivity contribution < 1.29 is 4.74 Å². The highest BCUT2D eigenvalue weighted by molar-refractivity contribution is 5.70. The summed E-state index contributed by atoms with van der Waals surface area (Å²) in [5.41, 5.74) is 6.27. The summed E-state index contributed by atoms with van der Waals surface area (Å²) in [5.74, 6) is 7.81. The van der Waals surface area contributed by atoms with Gasteiger partial charge in [0, 0.05) is 12.7 Å². The molecule has 148 valence electrons. The third kappa shape index (κ3) is 3.06. The summed E-state index contributed by atoms with van der Waals surface area (Å²) in [4.78, 5) is 4.58. The fraction of sp³-hybridized carbons (Fsp3) is 0.227. The molecule has 0 bridgehead atoms. The third-order valence-electron chi connectivity index (χ3n) is 5.03. The summed E-state index contributed by atoms with van der Waals surface area (Å²) in [6.45, 7) is 4.88. The largest absolute Gasteiger partial charge is 0.377 e. The minimum Gasteiger partial charge on any atom is -0.377 e. The first-order chi connectivity index (χ1) is 14.6. The molecule has 5 rings (SSSR count). The normalized spacial score (nSPS) is 11.7. The molecular weight excluding hydrogens is 378 g/mol. The molecule has 0 radical (unpaired) electrons. The number of aromatic nitrogens is 7. The molecule has 4 heterocycles. The molecule has 3 aromatic heterocycles. The molecule has 8 nitrogen and oxygen atoms in total. The SMILES string of the molecule is COCc1nnc2n1Cc1c(C#Cc3ccc(C)nn3)ncn1-c1ccc(C)cc1-2. The fourth-order valence-electron chi connectivity index (χ4n) is 3.55. The number of aryl methyl sites for hydroxylation is 2. The number of benzene rings is 1. The molecule has 4 aromatic rings. The van der Waals surface area contributed by atoms with E-state index in [-0.39, 0.29) is 0 Å². The number of imidazole rings is 1. The van der Waals surface area contributed by atoms with E-state index in [4.69, 9.17) is 4.74 Å². The van der Waals surface area contributed by atoms with Crippen LogP contribution in [0.1, 0.15) is 34.2 Å². The maximum atomic E-state index is 5.33. The van der Waals surface area contributed by atoms with E-state index in [0.717, 1.165) is 39.9 Å². The first-order valence-corrected chi connectivity index (χ1v) is 9.55. The van der Waals surface area contributed by atoms with E-state index >= 15 is 0 Å². The van der Waals surface area contributed by atoms with Gasteiger partial charge in [0.25, 0.3) is 0 Å². The lowest BCUT2D eigenvalue weighted by molar-refractivity contribution is 0.174. The number of fused-ring (bicyclic) bond motifs is 5. The zero-order valence-electron chi connectivity index (χ0n) is 16.9. The lowest BCUT2D eigenvalue weighted by Crippen LogP contribution is -2.09. The molecule has 0 fully saturated rings. The fourth-order valence-corrected chi connectivity index (χ4v) is 3.55. The highest BCUT2D eigenvalue weighted by Gasteiger charge is 2.25. The minimum absolute atomic E-state index is 0.377. The summed E-state index contributed by atoms with van der Waals surface area (Å²) in [7, 11) is 1.65. The van der Waals surface area contributed by atoms with Crippen LogP contribution in [0, 0.1) is 25.7 Å². The van der Waals surface area contributed by atoms with Gasteiger partial charge in [0.1, 0.15) is 24.3 Å². The molecule has 0 saturated heterocycles. The summed E-state index contributed by atoms with van der Waals surface area (Å²) >= 11 is 0. The molecule has 1 aliphatic rings. The predicted molar refractivity (Wildman–Crippen MR) is 110 cm³/mol. The Hall–Kier alpha value is -3.83. The highest BCUT2D eigenvalue weighted by Crippen LogP contribution is 2.32. The van der Waals surface area contributed by atoms with Crippen LogP contribution < -0.4 is 0 Å². The third-order valence-corrected chi connectivity index (χ3v) is 5.03.